The van der Waals surface area contributed by atoms with Gasteiger partial charge in [0.1, 0.15) is 0 Å². The van der Waals surface area contributed by atoms with Gasteiger partial charge in [-0.3, -0.25) is 9.69 Å². The maximum atomic E-state index is 12.2. The standard InChI is InChI=1S/C15H31N3O/c1-5-18(14-8-6-13(16)7-9-14)12(4)15(19)17-10-11(2)3/h11-14H,5-10,16H2,1-4H3,(H,17,19). The molecule has 0 saturated heterocycles. The third-order valence-corrected chi connectivity index (χ3v) is 4.14. The number of likely N-dealkylation sites (N-methyl/N-ethyl adjacent to an activating group) is 1. The quantitative estimate of drug-likeness (QED) is 0.772. The van der Waals surface area contributed by atoms with E-state index < -0.39 is 0 Å². The lowest BCUT2D eigenvalue weighted by atomic mass is 9.90. The van der Waals surface area contributed by atoms with Crippen LogP contribution in [0.25, 0.3) is 0 Å². The Morgan fingerprint density at radius 3 is 2.32 bits per heavy atom. The summed E-state index contributed by atoms with van der Waals surface area (Å²) in [7, 11) is 0. The van der Waals surface area contributed by atoms with Gasteiger partial charge >= 0.3 is 0 Å². The molecule has 1 unspecified atom stereocenters. The molecule has 0 heterocycles. The zero-order valence-corrected chi connectivity index (χ0v) is 13.0. The van der Waals surface area contributed by atoms with Crippen LogP contribution in [-0.2, 0) is 4.79 Å². The van der Waals surface area contributed by atoms with E-state index in [0.29, 0.717) is 18.0 Å². The summed E-state index contributed by atoms with van der Waals surface area (Å²) in [5, 5.41) is 3.04. The van der Waals surface area contributed by atoms with Crippen LogP contribution >= 0.6 is 0 Å². The van der Waals surface area contributed by atoms with Crippen molar-refractivity contribution < 1.29 is 4.79 Å². The number of amides is 1. The molecule has 112 valence electrons. The predicted octanol–water partition coefficient (Wildman–Crippen LogP) is 1.74. The highest BCUT2D eigenvalue weighted by Gasteiger charge is 2.29. The highest BCUT2D eigenvalue weighted by atomic mass is 16.2. The average molecular weight is 269 g/mol. The van der Waals surface area contributed by atoms with Gasteiger partial charge in [0.15, 0.2) is 0 Å². The predicted molar refractivity (Wildman–Crippen MR) is 79.9 cm³/mol. The molecule has 1 fully saturated rings. The van der Waals surface area contributed by atoms with Crippen molar-refractivity contribution >= 4 is 5.91 Å². The van der Waals surface area contributed by atoms with Gasteiger partial charge < -0.3 is 11.1 Å². The van der Waals surface area contributed by atoms with Crippen LogP contribution in [0.15, 0.2) is 0 Å². The van der Waals surface area contributed by atoms with E-state index >= 15 is 0 Å². The Hall–Kier alpha value is -0.610. The van der Waals surface area contributed by atoms with Crippen LogP contribution in [0.4, 0.5) is 0 Å². The van der Waals surface area contributed by atoms with Crippen molar-refractivity contribution in [3.63, 3.8) is 0 Å². The summed E-state index contributed by atoms with van der Waals surface area (Å²) >= 11 is 0. The molecule has 0 aromatic carbocycles. The summed E-state index contributed by atoms with van der Waals surface area (Å²) < 4.78 is 0. The number of rotatable bonds is 6. The lowest BCUT2D eigenvalue weighted by molar-refractivity contribution is -0.127. The SMILES string of the molecule is CCN(C1CCC(N)CC1)C(C)C(=O)NCC(C)C. The Bertz CT molecular complexity index is 273. The number of nitrogens with one attached hydrogen (secondary N) is 1. The van der Waals surface area contributed by atoms with Gasteiger partial charge in [-0.25, -0.2) is 0 Å². The van der Waals surface area contributed by atoms with Crippen LogP contribution < -0.4 is 11.1 Å². The molecule has 1 saturated carbocycles. The molecule has 0 aliphatic heterocycles. The fraction of sp³-hybridized carbons (Fsp3) is 0.933. The van der Waals surface area contributed by atoms with Gasteiger partial charge in [0, 0.05) is 18.6 Å². The largest absolute Gasteiger partial charge is 0.354 e. The van der Waals surface area contributed by atoms with Crippen LogP contribution in [0.5, 0.6) is 0 Å². The molecule has 4 nitrogen and oxygen atoms in total. The van der Waals surface area contributed by atoms with Crippen molar-refractivity contribution in [2.24, 2.45) is 11.7 Å². The minimum absolute atomic E-state index is 0.0388. The van der Waals surface area contributed by atoms with Gasteiger partial charge in [-0.2, -0.15) is 0 Å². The first-order valence-electron chi connectivity index (χ1n) is 7.74. The summed E-state index contributed by atoms with van der Waals surface area (Å²) in [4.78, 5) is 14.5. The second-order valence-corrected chi connectivity index (χ2v) is 6.21. The van der Waals surface area contributed by atoms with Crippen LogP contribution in [0.2, 0.25) is 0 Å². The molecule has 1 rings (SSSR count). The van der Waals surface area contributed by atoms with Gasteiger partial charge in [-0.15, -0.1) is 0 Å². The first-order chi connectivity index (χ1) is 8.95. The fourth-order valence-corrected chi connectivity index (χ4v) is 2.88. The minimum atomic E-state index is -0.0388. The Labute approximate surface area is 118 Å². The van der Waals surface area contributed by atoms with E-state index in [2.05, 4.69) is 31.0 Å². The number of carbonyl (C=O) groups excluding carboxylic acids is 1. The third kappa shape index (κ3) is 5.11. The van der Waals surface area contributed by atoms with E-state index in [0.717, 1.165) is 38.8 Å². The van der Waals surface area contributed by atoms with E-state index in [-0.39, 0.29) is 11.9 Å². The molecule has 1 atom stereocenters. The van der Waals surface area contributed by atoms with Crippen molar-refractivity contribution in [2.45, 2.75) is 71.5 Å². The van der Waals surface area contributed by atoms with Gasteiger partial charge in [0.2, 0.25) is 5.91 Å². The molecule has 0 bridgehead atoms. The Kier molecular flexibility index (Phi) is 6.80. The number of carbonyl (C=O) groups is 1. The summed E-state index contributed by atoms with van der Waals surface area (Å²) in [6.45, 7) is 10.1. The smallest absolute Gasteiger partial charge is 0.237 e. The number of nitrogens with two attached hydrogens (primary N) is 1. The molecule has 19 heavy (non-hydrogen) atoms. The molecule has 1 aliphatic rings. The van der Waals surface area contributed by atoms with Crippen LogP contribution in [0, 0.1) is 5.92 Å². The zero-order valence-electron chi connectivity index (χ0n) is 13.0. The van der Waals surface area contributed by atoms with Crippen molar-refractivity contribution in [3.8, 4) is 0 Å². The Balaban J connectivity index is 2.50. The maximum absolute atomic E-state index is 12.2. The van der Waals surface area contributed by atoms with Crippen LogP contribution in [-0.4, -0.2) is 42.0 Å². The van der Waals surface area contributed by atoms with E-state index in [1.807, 2.05) is 6.92 Å². The van der Waals surface area contributed by atoms with E-state index in [1.54, 1.807) is 0 Å². The number of nitrogens with zero attached hydrogens (tertiary/aromatic N) is 1. The van der Waals surface area contributed by atoms with Gasteiger partial charge in [-0.1, -0.05) is 20.8 Å². The fourth-order valence-electron chi connectivity index (χ4n) is 2.88. The summed E-state index contributed by atoms with van der Waals surface area (Å²) in [5.74, 6) is 0.657. The lowest BCUT2D eigenvalue weighted by Crippen LogP contribution is -2.51. The molecular formula is C15H31N3O. The molecular weight excluding hydrogens is 238 g/mol. The lowest BCUT2D eigenvalue weighted by Gasteiger charge is -2.38. The van der Waals surface area contributed by atoms with Gasteiger partial charge in [0.05, 0.1) is 6.04 Å². The maximum Gasteiger partial charge on any atom is 0.237 e. The van der Waals surface area contributed by atoms with E-state index in [4.69, 9.17) is 5.73 Å². The van der Waals surface area contributed by atoms with Crippen molar-refractivity contribution in [3.05, 3.63) is 0 Å². The molecule has 4 heteroatoms. The molecule has 0 spiro atoms. The van der Waals surface area contributed by atoms with E-state index in [9.17, 15) is 4.79 Å². The molecule has 1 amide bonds. The second-order valence-electron chi connectivity index (χ2n) is 6.21. The monoisotopic (exact) mass is 269 g/mol. The molecule has 0 aromatic rings. The zero-order chi connectivity index (χ0) is 14.4. The van der Waals surface area contributed by atoms with Gasteiger partial charge in [0.25, 0.3) is 0 Å². The Morgan fingerprint density at radius 2 is 1.84 bits per heavy atom. The summed E-state index contributed by atoms with van der Waals surface area (Å²) in [5.41, 5.74) is 5.96. The molecule has 1 aliphatic carbocycles. The van der Waals surface area contributed by atoms with Crippen molar-refractivity contribution in [1.82, 2.24) is 10.2 Å². The Morgan fingerprint density at radius 1 is 1.26 bits per heavy atom. The molecule has 3 N–H and O–H groups in total. The minimum Gasteiger partial charge on any atom is -0.354 e. The average Bonchev–Trinajstić information content (AvgIpc) is 2.38. The topological polar surface area (TPSA) is 58.4 Å². The number of hydrogen-bond acceptors (Lipinski definition) is 3. The normalized spacial score (nSPS) is 25.6. The van der Waals surface area contributed by atoms with Crippen molar-refractivity contribution in [2.75, 3.05) is 13.1 Å². The summed E-state index contributed by atoms with van der Waals surface area (Å²) in [6, 6.07) is 0.840. The highest BCUT2D eigenvalue weighted by molar-refractivity contribution is 5.81. The van der Waals surface area contributed by atoms with E-state index in [1.165, 1.54) is 0 Å². The van der Waals surface area contributed by atoms with Crippen molar-refractivity contribution in [1.29, 1.82) is 0 Å². The summed E-state index contributed by atoms with van der Waals surface area (Å²) in [6.07, 6.45) is 4.41. The first kappa shape index (κ1) is 16.4. The highest BCUT2D eigenvalue weighted by Crippen LogP contribution is 2.23. The second kappa shape index (κ2) is 7.85. The number of hydrogen-bond donors (Lipinski definition) is 2. The third-order valence-electron chi connectivity index (χ3n) is 4.14. The van der Waals surface area contributed by atoms with Crippen LogP contribution in [0.3, 0.4) is 0 Å². The first-order valence-corrected chi connectivity index (χ1v) is 7.74. The molecule has 0 aromatic heterocycles. The van der Waals surface area contributed by atoms with Gasteiger partial charge in [-0.05, 0) is 45.1 Å². The van der Waals surface area contributed by atoms with Crippen LogP contribution in [0.1, 0.15) is 53.4 Å². The molecule has 0 radical (unpaired) electrons.